The van der Waals surface area contributed by atoms with Gasteiger partial charge in [0.05, 0.1) is 0 Å². The molecule has 1 aromatic rings. The monoisotopic (exact) mass is 289 g/mol. The molecule has 1 aliphatic heterocycles. The molecule has 106 valence electrons. The molecular formula is C13H17F2NO2S. The lowest BCUT2D eigenvalue weighted by atomic mass is 9.91. The molecule has 0 spiro atoms. The molecule has 0 atom stereocenters. The Labute approximate surface area is 111 Å². The zero-order valence-corrected chi connectivity index (χ0v) is 11.6. The highest BCUT2D eigenvalue weighted by molar-refractivity contribution is 7.90. The molecule has 19 heavy (non-hydrogen) atoms. The Morgan fingerprint density at radius 2 is 1.84 bits per heavy atom. The van der Waals surface area contributed by atoms with E-state index in [-0.39, 0.29) is 5.56 Å². The summed E-state index contributed by atoms with van der Waals surface area (Å²) in [4.78, 5) is -0.570. The van der Waals surface area contributed by atoms with Gasteiger partial charge in [0.15, 0.2) is 9.84 Å². The summed E-state index contributed by atoms with van der Waals surface area (Å²) in [7, 11) is -3.73. The first-order valence-corrected chi connectivity index (χ1v) is 8.16. The number of nitrogens with one attached hydrogen (secondary N) is 1. The Bertz CT molecular complexity index is 566. The third-order valence-electron chi connectivity index (χ3n) is 3.47. The molecule has 0 radical (unpaired) electrons. The number of sulfone groups is 1. The maximum absolute atomic E-state index is 13.9. The fourth-order valence-electron chi connectivity index (χ4n) is 2.41. The summed E-state index contributed by atoms with van der Waals surface area (Å²) in [5, 5.41) is 3.21. The van der Waals surface area contributed by atoms with Crippen LogP contribution in [-0.4, -0.2) is 27.8 Å². The van der Waals surface area contributed by atoms with Crippen LogP contribution in [0.15, 0.2) is 17.0 Å². The molecule has 0 aromatic heterocycles. The predicted molar refractivity (Wildman–Crippen MR) is 68.8 cm³/mol. The summed E-state index contributed by atoms with van der Waals surface area (Å²) in [6, 6.07) is 1.81. The first-order chi connectivity index (χ1) is 8.88. The lowest BCUT2D eigenvalue weighted by molar-refractivity contribution is 0.367. The first kappa shape index (κ1) is 14.4. The second-order valence-corrected chi connectivity index (χ2v) is 7.03. The van der Waals surface area contributed by atoms with E-state index in [0.717, 1.165) is 44.3 Å². The van der Waals surface area contributed by atoms with Crippen LogP contribution in [0.3, 0.4) is 0 Å². The van der Waals surface area contributed by atoms with Crippen LogP contribution in [0, 0.1) is 17.6 Å². The van der Waals surface area contributed by atoms with E-state index in [4.69, 9.17) is 0 Å². The number of hydrogen-bond acceptors (Lipinski definition) is 3. The molecule has 1 aliphatic rings. The summed E-state index contributed by atoms with van der Waals surface area (Å²) in [5.74, 6) is -1.19. The Morgan fingerprint density at radius 3 is 2.42 bits per heavy atom. The van der Waals surface area contributed by atoms with Gasteiger partial charge in [-0.1, -0.05) is 0 Å². The molecule has 1 saturated heterocycles. The van der Waals surface area contributed by atoms with Gasteiger partial charge in [0.1, 0.15) is 16.5 Å². The molecule has 1 fully saturated rings. The van der Waals surface area contributed by atoms with Gasteiger partial charge in [0, 0.05) is 6.26 Å². The molecule has 0 amide bonds. The van der Waals surface area contributed by atoms with Crippen LogP contribution in [-0.2, 0) is 16.3 Å². The molecular weight excluding hydrogens is 272 g/mol. The van der Waals surface area contributed by atoms with Crippen LogP contribution in [0.1, 0.15) is 18.4 Å². The van der Waals surface area contributed by atoms with Crippen molar-refractivity contribution in [3.8, 4) is 0 Å². The van der Waals surface area contributed by atoms with E-state index in [1.807, 2.05) is 0 Å². The number of halogens is 2. The van der Waals surface area contributed by atoms with Crippen molar-refractivity contribution in [1.29, 1.82) is 0 Å². The highest BCUT2D eigenvalue weighted by Crippen LogP contribution is 2.24. The van der Waals surface area contributed by atoms with E-state index >= 15 is 0 Å². The van der Waals surface area contributed by atoms with E-state index in [9.17, 15) is 17.2 Å². The van der Waals surface area contributed by atoms with E-state index in [1.165, 1.54) is 0 Å². The maximum Gasteiger partial charge on any atom is 0.178 e. The molecule has 0 aliphatic carbocycles. The third-order valence-corrected chi connectivity index (χ3v) is 4.58. The Kier molecular flexibility index (Phi) is 4.20. The second-order valence-electron chi connectivity index (χ2n) is 5.04. The van der Waals surface area contributed by atoms with Crippen LogP contribution in [0.2, 0.25) is 0 Å². The maximum atomic E-state index is 13.9. The van der Waals surface area contributed by atoms with Gasteiger partial charge < -0.3 is 5.32 Å². The highest BCUT2D eigenvalue weighted by atomic mass is 32.2. The summed E-state index contributed by atoms with van der Waals surface area (Å²) >= 11 is 0. The van der Waals surface area contributed by atoms with Gasteiger partial charge in [0.2, 0.25) is 0 Å². The fraction of sp³-hybridized carbons (Fsp3) is 0.538. The van der Waals surface area contributed by atoms with E-state index < -0.39 is 26.4 Å². The van der Waals surface area contributed by atoms with Crippen molar-refractivity contribution in [3.05, 3.63) is 29.3 Å². The van der Waals surface area contributed by atoms with Gasteiger partial charge in [-0.05, 0) is 56.0 Å². The van der Waals surface area contributed by atoms with Crippen molar-refractivity contribution in [2.75, 3.05) is 19.3 Å². The fourth-order valence-corrected chi connectivity index (χ4v) is 3.14. The lowest BCUT2D eigenvalue weighted by Gasteiger charge is -2.22. The van der Waals surface area contributed by atoms with Gasteiger partial charge in [0.25, 0.3) is 0 Å². The molecule has 0 bridgehead atoms. The Hall–Kier alpha value is -1.01. The summed E-state index contributed by atoms with van der Waals surface area (Å²) in [6.07, 6.45) is 3.18. The van der Waals surface area contributed by atoms with E-state index in [2.05, 4.69) is 5.32 Å². The van der Waals surface area contributed by atoms with Crippen molar-refractivity contribution in [2.24, 2.45) is 5.92 Å². The second kappa shape index (κ2) is 5.54. The molecule has 1 N–H and O–H groups in total. The normalized spacial score (nSPS) is 17.6. The summed E-state index contributed by atoms with van der Waals surface area (Å²) < 4.78 is 50.2. The minimum absolute atomic E-state index is 0.261. The van der Waals surface area contributed by atoms with E-state index in [0.29, 0.717) is 12.3 Å². The molecule has 0 unspecified atom stereocenters. The van der Waals surface area contributed by atoms with Gasteiger partial charge in [-0.3, -0.25) is 0 Å². The van der Waals surface area contributed by atoms with Gasteiger partial charge in [-0.2, -0.15) is 0 Å². The van der Waals surface area contributed by atoms with Gasteiger partial charge >= 0.3 is 0 Å². The van der Waals surface area contributed by atoms with Crippen LogP contribution >= 0.6 is 0 Å². The number of hydrogen-bond donors (Lipinski definition) is 1. The van der Waals surface area contributed by atoms with Crippen molar-refractivity contribution < 1.29 is 17.2 Å². The third kappa shape index (κ3) is 3.51. The molecule has 1 aromatic carbocycles. The zero-order chi connectivity index (χ0) is 14.0. The molecule has 6 heteroatoms. The molecule has 3 nitrogen and oxygen atoms in total. The Balaban J connectivity index is 2.25. The zero-order valence-electron chi connectivity index (χ0n) is 10.7. The topological polar surface area (TPSA) is 46.2 Å². The van der Waals surface area contributed by atoms with Crippen LogP contribution in [0.5, 0.6) is 0 Å². The largest absolute Gasteiger partial charge is 0.317 e. The van der Waals surface area contributed by atoms with Crippen molar-refractivity contribution >= 4 is 9.84 Å². The van der Waals surface area contributed by atoms with Crippen molar-refractivity contribution in [3.63, 3.8) is 0 Å². The van der Waals surface area contributed by atoms with Crippen molar-refractivity contribution in [1.82, 2.24) is 5.32 Å². The average molecular weight is 289 g/mol. The van der Waals surface area contributed by atoms with Gasteiger partial charge in [-0.15, -0.1) is 0 Å². The highest BCUT2D eigenvalue weighted by Gasteiger charge is 2.20. The average Bonchev–Trinajstić information content (AvgIpc) is 2.33. The molecule has 2 rings (SSSR count). The molecule has 1 heterocycles. The van der Waals surface area contributed by atoms with Crippen LogP contribution < -0.4 is 5.32 Å². The minimum atomic E-state index is -3.73. The van der Waals surface area contributed by atoms with E-state index in [1.54, 1.807) is 0 Å². The summed E-state index contributed by atoms with van der Waals surface area (Å²) in [6.45, 7) is 1.77. The number of rotatable bonds is 3. The number of benzene rings is 1. The minimum Gasteiger partial charge on any atom is -0.317 e. The molecule has 0 saturated carbocycles. The van der Waals surface area contributed by atoms with Crippen LogP contribution in [0.25, 0.3) is 0 Å². The quantitative estimate of drug-likeness (QED) is 0.924. The van der Waals surface area contributed by atoms with Crippen LogP contribution in [0.4, 0.5) is 8.78 Å². The standard InChI is InChI=1S/C13H17F2NO2S/c1-19(17,18)13-8-11(14)10(7-12(13)15)6-9-2-4-16-5-3-9/h7-9,16H,2-6H2,1H3. The summed E-state index contributed by atoms with van der Waals surface area (Å²) in [5.41, 5.74) is 0.261. The first-order valence-electron chi connectivity index (χ1n) is 6.26. The lowest BCUT2D eigenvalue weighted by Crippen LogP contribution is -2.28. The Morgan fingerprint density at radius 1 is 1.21 bits per heavy atom. The SMILES string of the molecule is CS(=O)(=O)c1cc(F)c(CC2CCNCC2)cc1F. The predicted octanol–water partition coefficient (Wildman–Crippen LogP) is 1.91. The number of piperidine rings is 1. The van der Waals surface area contributed by atoms with Gasteiger partial charge in [-0.25, -0.2) is 17.2 Å². The smallest absolute Gasteiger partial charge is 0.178 e. The van der Waals surface area contributed by atoms with Crippen molar-refractivity contribution in [2.45, 2.75) is 24.2 Å².